The van der Waals surface area contributed by atoms with E-state index in [1.54, 1.807) is 0 Å². The third-order valence-corrected chi connectivity index (χ3v) is 13.5. The van der Waals surface area contributed by atoms with Gasteiger partial charge in [0.2, 0.25) is 0 Å². The van der Waals surface area contributed by atoms with Gasteiger partial charge in [-0.05, 0) is 99.1 Å². The van der Waals surface area contributed by atoms with E-state index in [1.807, 2.05) is 22.7 Å². The van der Waals surface area contributed by atoms with E-state index < -0.39 is 0 Å². The molecular formula is C54H35NS2. The fraction of sp³-hybridized carbons (Fsp3) is 0. The smallest absolute Gasteiger partial charge is 0.0640 e. The van der Waals surface area contributed by atoms with Gasteiger partial charge in [-0.1, -0.05) is 158 Å². The Bertz CT molecular complexity index is 3200. The largest absolute Gasteiger partial charge is 0.309 e. The average molecular weight is 762 g/mol. The maximum absolute atomic E-state index is 2.44. The SMILES string of the molecule is c1ccc(-c2ccc(-c3ccc(N(c4ccc(-c5ccc6sc7ccccc7c6c5)cc4)c4ccc(-c5ccccc5)c5c4sc4ccccc45)cc3)cc2)cc1. The Labute approximate surface area is 340 Å². The summed E-state index contributed by atoms with van der Waals surface area (Å²) >= 11 is 3.74. The summed E-state index contributed by atoms with van der Waals surface area (Å²) < 4.78 is 5.22. The molecule has 0 atom stereocenters. The van der Waals surface area contributed by atoms with Crippen LogP contribution >= 0.6 is 22.7 Å². The highest BCUT2D eigenvalue weighted by Crippen LogP contribution is 2.48. The van der Waals surface area contributed by atoms with Crippen LogP contribution in [0.4, 0.5) is 17.1 Å². The Kier molecular flexibility index (Phi) is 8.28. The summed E-state index contributed by atoms with van der Waals surface area (Å²) in [5.74, 6) is 0. The van der Waals surface area contributed by atoms with Gasteiger partial charge in [-0.2, -0.15) is 0 Å². The van der Waals surface area contributed by atoms with Crippen LogP contribution in [0.5, 0.6) is 0 Å². The Balaban J connectivity index is 1.04. The van der Waals surface area contributed by atoms with Crippen molar-refractivity contribution in [3.8, 4) is 44.5 Å². The number of hydrogen-bond acceptors (Lipinski definition) is 3. The highest BCUT2D eigenvalue weighted by atomic mass is 32.1. The van der Waals surface area contributed by atoms with Crippen LogP contribution in [0.25, 0.3) is 84.9 Å². The summed E-state index contributed by atoms with van der Waals surface area (Å²) in [5.41, 5.74) is 13.2. The molecule has 9 aromatic carbocycles. The van der Waals surface area contributed by atoms with Gasteiger partial charge in [0.15, 0.2) is 0 Å². The third kappa shape index (κ3) is 6.00. The maximum Gasteiger partial charge on any atom is 0.0640 e. The second-order valence-corrected chi connectivity index (χ2v) is 16.6. The molecule has 0 spiro atoms. The van der Waals surface area contributed by atoms with Crippen molar-refractivity contribution >= 4 is 80.1 Å². The van der Waals surface area contributed by atoms with Gasteiger partial charge in [0.25, 0.3) is 0 Å². The zero-order chi connectivity index (χ0) is 37.7. The van der Waals surface area contributed by atoms with E-state index in [4.69, 9.17) is 0 Å². The molecule has 57 heavy (non-hydrogen) atoms. The number of rotatable bonds is 7. The van der Waals surface area contributed by atoms with Crippen LogP contribution in [0.2, 0.25) is 0 Å². The summed E-state index contributed by atoms with van der Waals surface area (Å²) in [4.78, 5) is 2.44. The summed E-state index contributed by atoms with van der Waals surface area (Å²) in [7, 11) is 0. The Morgan fingerprint density at radius 2 is 0.754 bits per heavy atom. The van der Waals surface area contributed by atoms with Crippen LogP contribution < -0.4 is 4.90 Å². The molecule has 3 heteroatoms. The second-order valence-electron chi connectivity index (χ2n) is 14.5. The number of benzene rings is 9. The lowest BCUT2D eigenvalue weighted by Crippen LogP contribution is -2.10. The summed E-state index contributed by atoms with van der Waals surface area (Å²) in [6.45, 7) is 0. The first-order chi connectivity index (χ1) is 28.2. The molecule has 268 valence electrons. The molecule has 2 heterocycles. The first-order valence-corrected chi connectivity index (χ1v) is 21.0. The van der Waals surface area contributed by atoms with Gasteiger partial charge >= 0.3 is 0 Å². The first-order valence-electron chi connectivity index (χ1n) is 19.3. The molecule has 11 rings (SSSR count). The predicted molar refractivity (Wildman–Crippen MR) is 249 cm³/mol. The molecule has 0 amide bonds. The predicted octanol–water partition coefficient (Wildman–Crippen LogP) is 16.6. The molecule has 0 aliphatic heterocycles. The zero-order valence-electron chi connectivity index (χ0n) is 31.0. The minimum absolute atomic E-state index is 1.12. The first kappa shape index (κ1) is 33.5. The molecule has 0 N–H and O–H groups in total. The molecule has 0 saturated carbocycles. The fourth-order valence-electron chi connectivity index (χ4n) is 8.27. The van der Waals surface area contributed by atoms with Gasteiger partial charge in [0.05, 0.1) is 10.4 Å². The van der Waals surface area contributed by atoms with Gasteiger partial charge in [-0.25, -0.2) is 0 Å². The number of nitrogens with zero attached hydrogens (tertiary/aromatic N) is 1. The van der Waals surface area contributed by atoms with Crippen molar-refractivity contribution in [2.75, 3.05) is 4.90 Å². The number of anilines is 3. The summed E-state index contributed by atoms with van der Waals surface area (Å²) in [6.07, 6.45) is 0. The van der Waals surface area contributed by atoms with Gasteiger partial charge in [0, 0.05) is 47.0 Å². The van der Waals surface area contributed by atoms with E-state index >= 15 is 0 Å². The lowest BCUT2D eigenvalue weighted by molar-refractivity contribution is 1.30. The summed E-state index contributed by atoms with van der Waals surface area (Å²) in [6, 6.07) is 77.5. The Morgan fingerprint density at radius 1 is 0.298 bits per heavy atom. The van der Waals surface area contributed by atoms with Gasteiger partial charge in [-0.15, -0.1) is 22.7 Å². The van der Waals surface area contributed by atoms with Crippen LogP contribution in [0.1, 0.15) is 0 Å². The number of fused-ring (bicyclic) bond motifs is 6. The van der Waals surface area contributed by atoms with E-state index in [2.05, 4.69) is 217 Å². The minimum Gasteiger partial charge on any atom is -0.309 e. The van der Waals surface area contributed by atoms with E-state index in [0.717, 1.165) is 11.4 Å². The van der Waals surface area contributed by atoms with Gasteiger partial charge < -0.3 is 4.90 Å². The lowest BCUT2D eigenvalue weighted by atomic mass is 9.97. The van der Waals surface area contributed by atoms with Gasteiger partial charge in [-0.3, -0.25) is 0 Å². The van der Waals surface area contributed by atoms with Crippen molar-refractivity contribution < 1.29 is 0 Å². The van der Waals surface area contributed by atoms with Crippen LogP contribution in [0, 0.1) is 0 Å². The third-order valence-electron chi connectivity index (χ3n) is 11.1. The average Bonchev–Trinajstić information content (AvgIpc) is 3.87. The van der Waals surface area contributed by atoms with Gasteiger partial charge in [0.1, 0.15) is 0 Å². The molecule has 0 aliphatic rings. The Morgan fingerprint density at radius 3 is 1.39 bits per heavy atom. The van der Waals surface area contributed by atoms with Crippen molar-refractivity contribution in [2.45, 2.75) is 0 Å². The molecule has 0 bridgehead atoms. The monoisotopic (exact) mass is 761 g/mol. The molecule has 1 nitrogen and oxygen atoms in total. The highest BCUT2D eigenvalue weighted by Gasteiger charge is 2.21. The number of thiophene rings is 2. The zero-order valence-corrected chi connectivity index (χ0v) is 32.6. The molecule has 0 saturated heterocycles. The van der Waals surface area contributed by atoms with E-state index in [-0.39, 0.29) is 0 Å². The molecule has 11 aromatic rings. The molecule has 0 unspecified atom stereocenters. The second kappa shape index (κ2) is 14.1. The summed E-state index contributed by atoms with van der Waals surface area (Å²) in [5, 5.41) is 5.23. The standard InChI is InChI=1S/C54H35NS2/c1-3-11-36(12-4-1)37-19-21-38(22-20-37)39-23-28-43(29-24-39)55(44-30-25-40(26-31-44)42-27-34-52-48(35-42)46-15-7-9-17-50(46)56-52)49-33-32-45(41-13-5-2-6-14-41)53-47-16-8-10-18-51(47)57-54(49)53/h1-35H. The molecular weight excluding hydrogens is 727 g/mol. The van der Waals surface area contributed by atoms with Crippen molar-refractivity contribution in [3.63, 3.8) is 0 Å². The van der Waals surface area contributed by atoms with Crippen LogP contribution in [-0.4, -0.2) is 0 Å². The molecule has 0 radical (unpaired) electrons. The van der Waals surface area contributed by atoms with Crippen LogP contribution in [0.3, 0.4) is 0 Å². The topological polar surface area (TPSA) is 3.24 Å². The molecule has 2 aromatic heterocycles. The maximum atomic E-state index is 2.44. The lowest BCUT2D eigenvalue weighted by Gasteiger charge is -2.27. The Hall–Kier alpha value is -6.78. The fourth-order valence-corrected chi connectivity index (χ4v) is 10.6. The van der Waals surface area contributed by atoms with Crippen molar-refractivity contribution in [2.24, 2.45) is 0 Å². The quantitative estimate of drug-likeness (QED) is 0.156. The normalized spacial score (nSPS) is 11.5. The highest BCUT2D eigenvalue weighted by molar-refractivity contribution is 7.26. The van der Waals surface area contributed by atoms with Crippen LogP contribution in [0.15, 0.2) is 212 Å². The number of hydrogen-bond donors (Lipinski definition) is 0. The minimum atomic E-state index is 1.12. The molecule has 0 aliphatic carbocycles. The molecule has 0 fully saturated rings. The van der Waals surface area contributed by atoms with Crippen molar-refractivity contribution in [1.82, 2.24) is 0 Å². The van der Waals surface area contributed by atoms with Crippen LogP contribution in [-0.2, 0) is 0 Å². The van der Waals surface area contributed by atoms with E-state index in [9.17, 15) is 0 Å². The van der Waals surface area contributed by atoms with E-state index in [0.29, 0.717) is 0 Å². The van der Waals surface area contributed by atoms with E-state index in [1.165, 1.54) is 90.5 Å². The van der Waals surface area contributed by atoms with Crippen molar-refractivity contribution in [1.29, 1.82) is 0 Å². The van der Waals surface area contributed by atoms with Crippen molar-refractivity contribution in [3.05, 3.63) is 212 Å².